The number of benzene rings is 6. The summed E-state index contributed by atoms with van der Waals surface area (Å²) in [6.45, 7) is 0. The van der Waals surface area contributed by atoms with Crippen molar-refractivity contribution in [2.75, 3.05) is 0 Å². The smallest absolute Gasteiger partial charge is 0.247 e. The molecule has 340 valence electrons. The van der Waals surface area contributed by atoms with E-state index < -0.39 is 0 Å². The van der Waals surface area contributed by atoms with Crippen LogP contribution in [0, 0.1) is 0 Å². The van der Waals surface area contributed by atoms with E-state index in [9.17, 15) is 4.79 Å². The van der Waals surface area contributed by atoms with E-state index in [2.05, 4.69) is 170 Å². The number of nitrogens with one attached hydrogen (secondary N) is 9. The minimum Gasteiger partial charge on any atom is -0.367 e. The van der Waals surface area contributed by atoms with Gasteiger partial charge >= 0.3 is 0 Å². The Morgan fingerprint density at radius 1 is 0.324 bits per heavy atom. The van der Waals surface area contributed by atoms with Crippen LogP contribution in [-0.2, 0) is 0 Å². The van der Waals surface area contributed by atoms with Crippen molar-refractivity contribution in [2.45, 2.75) is 0 Å². The summed E-state index contributed by atoms with van der Waals surface area (Å²) in [6, 6.07) is 59.5. The number of hydrogen-bond donors (Lipinski definition) is 9. The molecule has 0 radical (unpaired) electrons. The van der Waals surface area contributed by atoms with Crippen molar-refractivity contribution in [2.24, 2.45) is 0 Å². The Hall–Kier alpha value is -10.1. The molecular weight excluding hydrogens is 881 g/mol. The van der Waals surface area contributed by atoms with Crippen molar-refractivity contribution in [3.63, 3.8) is 0 Å². The molecule has 0 atom stereocenters. The van der Waals surface area contributed by atoms with E-state index in [1.807, 2.05) is 79.3 Å². The van der Waals surface area contributed by atoms with E-state index in [0.29, 0.717) is 0 Å². The van der Waals surface area contributed by atoms with E-state index >= 15 is 0 Å². The number of aromatic nitrogens is 12. The molecule has 0 fully saturated rings. The predicted molar refractivity (Wildman–Crippen MR) is 286 cm³/mol. The highest BCUT2D eigenvalue weighted by Crippen LogP contribution is 2.34. The minimum absolute atomic E-state index is 0.104. The molecule has 0 aliphatic rings. The fourth-order valence-corrected chi connectivity index (χ4v) is 9.41. The van der Waals surface area contributed by atoms with Crippen molar-refractivity contribution < 1.29 is 0 Å². The van der Waals surface area contributed by atoms with Crippen LogP contribution in [0.3, 0.4) is 0 Å². The maximum Gasteiger partial charge on any atom is 0.247 e. The van der Waals surface area contributed by atoms with Crippen molar-refractivity contribution >= 4 is 65.4 Å². The zero-order valence-corrected chi connectivity index (χ0v) is 37.8. The number of nitrogens with zero attached hydrogens (tertiary/aromatic N) is 3. The SMILES string of the molecule is O=c1ccc(-c2ccc3c(-c4cc5ccccc5[nH]4)n[nH]c3c2)c[nH]1.c1c[nH]c(-c2ccc3c(-c4cc5ccccc5[nH]4)n[nH]c3c2)c1.c1ccc2[nH]c(-c3n[nH]c4cc(-c5cc[nH]c5)ccc34)cc2c1. The summed E-state index contributed by atoms with van der Waals surface area (Å²) in [5.74, 6) is 0. The first kappa shape index (κ1) is 41.1. The lowest BCUT2D eigenvalue weighted by Gasteiger charge is -2.01. The molecule has 0 unspecified atom stereocenters. The average molecular weight is 923 g/mol. The van der Waals surface area contributed by atoms with Crippen LogP contribution in [0.25, 0.3) is 133 Å². The Labute approximate surface area is 403 Å². The van der Waals surface area contributed by atoms with Crippen LogP contribution in [0.5, 0.6) is 0 Å². The molecule has 15 rings (SSSR count). The maximum absolute atomic E-state index is 11.2. The molecule has 71 heavy (non-hydrogen) atoms. The molecule has 0 aliphatic carbocycles. The van der Waals surface area contributed by atoms with Gasteiger partial charge in [-0.05, 0) is 119 Å². The van der Waals surface area contributed by atoms with E-state index in [1.165, 1.54) is 33.4 Å². The molecule has 0 saturated heterocycles. The van der Waals surface area contributed by atoms with Crippen molar-refractivity contribution in [3.8, 4) is 67.7 Å². The second-order valence-corrected chi connectivity index (χ2v) is 17.4. The lowest BCUT2D eigenvalue weighted by Crippen LogP contribution is -2.01. The van der Waals surface area contributed by atoms with Gasteiger partial charge in [-0.1, -0.05) is 72.8 Å². The molecule has 13 nitrogen and oxygen atoms in total. The first-order valence-corrected chi connectivity index (χ1v) is 23.2. The molecule has 13 heteroatoms. The Balaban J connectivity index is 0.000000104. The van der Waals surface area contributed by atoms with Crippen LogP contribution in [-0.4, -0.2) is 60.5 Å². The third kappa shape index (κ3) is 7.74. The monoisotopic (exact) mass is 922 g/mol. The van der Waals surface area contributed by atoms with Gasteiger partial charge in [-0.25, -0.2) is 0 Å². The molecule has 0 saturated carbocycles. The third-order valence-electron chi connectivity index (χ3n) is 13.0. The first-order valence-electron chi connectivity index (χ1n) is 23.2. The molecule has 0 aliphatic heterocycles. The summed E-state index contributed by atoms with van der Waals surface area (Å²) < 4.78 is 0. The van der Waals surface area contributed by atoms with E-state index in [1.54, 1.807) is 6.20 Å². The lowest BCUT2D eigenvalue weighted by molar-refractivity contribution is 1.12. The van der Waals surface area contributed by atoms with Gasteiger partial charge in [0.2, 0.25) is 5.56 Å². The Morgan fingerprint density at radius 3 is 1.20 bits per heavy atom. The molecule has 9 heterocycles. The van der Waals surface area contributed by atoms with Crippen LogP contribution >= 0.6 is 0 Å². The van der Waals surface area contributed by atoms with Gasteiger partial charge in [-0.3, -0.25) is 20.1 Å². The summed E-state index contributed by atoms with van der Waals surface area (Å²) in [5.41, 5.74) is 18.7. The largest absolute Gasteiger partial charge is 0.367 e. The lowest BCUT2D eigenvalue weighted by atomic mass is 10.0. The van der Waals surface area contributed by atoms with Crippen LogP contribution in [0.2, 0.25) is 0 Å². The second-order valence-electron chi connectivity index (χ2n) is 17.4. The van der Waals surface area contributed by atoms with Gasteiger partial charge in [0.15, 0.2) is 0 Å². The number of fused-ring (bicyclic) bond motifs is 6. The van der Waals surface area contributed by atoms with Gasteiger partial charge in [0, 0.05) is 91.0 Å². The second kappa shape index (κ2) is 17.2. The highest BCUT2D eigenvalue weighted by atomic mass is 16.1. The van der Waals surface area contributed by atoms with E-state index in [-0.39, 0.29) is 5.56 Å². The molecule has 0 amide bonds. The van der Waals surface area contributed by atoms with Gasteiger partial charge in [0.05, 0.1) is 33.6 Å². The fraction of sp³-hybridized carbons (Fsp3) is 0. The van der Waals surface area contributed by atoms with Crippen LogP contribution in [0.4, 0.5) is 0 Å². The van der Waals surface area contributed by atoms with Crippen molar-refractivity contribution in [3.05, 3.63) is 211 Å². The topological polar surface area (TPSA) is 198 Å². The highest BCUT2D eigenvalue weighted by molar-refractivity contribution is 6.00. The summed E-state index contributed by atoms with van der Waals surface area (Å²) in [6.07, 6.45) is 7.58. The number of H-pyrrole nitrogens is 9. The Bertz CT molecular complexity index is 4100. The first-order chi connectivity index (χ1) is 35.0. The predicted octanol–water partition coefficient (Wildman–Crippen LogP) is 13.5. The van der Waals surface area contributed by atoms with Crippen LogP contribution in [0.1, 0.15) is 0 Å². The average Bonchev–Trinajstić information content (AvgIpc) is 4.27. The number of rotatable bonds is 6. The summed E-state index contributed by atoms with van der Waals surface area (Å²) in [5, 5.41) is 29.8. The Morgan fingerprint density at radius 2 is 0.775 bits per heavy atom. The molecule has 9 N–H and O–H groups in total. The molecule has 0 spiro atoms. The molecule has 0 bridgehead atoms. The normalized spacial score (nSPS) is 11.4. The van der Waals surface area contributed by atoms with Crippen LogP contribution in [0.15, 0.2) is 206 Å². The van der Waals surface area contributed by atoms with E-state index in [0.717, 1.165) is 106 Å². The van der Waals surface area contributed by atoms with Gasteiger partial charge in [0.25, 0.3) is 0 Å². The third-order valence-corrected chi connectivity index (χ3v) is 13.0. The zero-order valence-electron chi connectivity index (χ0n) is 37.8. The standard InChI is InChI=1S/C20H14N4O.2C19H14N4/c25-19-8-6-14(11-21-19)12-5-7-15-17(9-12)23-24-20(15)18-10-13-3-1-2-4-16(13)22-18;1-2-5-16-12(4-1)11-18(21-16)19-14-8-7-13(10-17(14)22-23-19)15-6-3-9-20-15;1-2-4-16-13(3-1)10-18(21-16)19-15-6-5-12(9-17(15)22-23-19)14-7-8-20-11-14/h1-11,22H,(H,21,25)(H,23,24);2*1-11,20-21H,(H,22,23). The summed E-state index contributed by atoms with van der Waals surface area (Å²) >= 11 is 0. The minimum atomic E-state index is -0.104. The zero-order chi connectivity index (χ0) is 47.3. The number of aromatic amines is 9. The number of para-hydroxylation sites is 3. The van der Waals surface area contributed by atoms with Crippen LogP contribution < -0.4 is 5.56 Å². The fourth-order valence-electron chi connectivity index (χ4n) is 9.41. The molecule has 15 aromatic rings. The summed E-state index contributed by atoms with van der Waals surface area (Å²) in [4.78, 5) is 30.6. The maximum atomic E-state index is 11.2. The quantitative estimate of drug-likeness (QED) is 0.0800. The highest BCUT2D eigenvalue weighted by Gasteiger charge is 2.15. The summed E-state index contributed by atoms with van der Waals surface area (Å²) in [7, 11) is 0. The number of hydrogen-bond acceptors (Lipinski definition) is 4. The molecule has 6 aromatic carbocycles. The van der Waals surface area contributed by atoms with Gasteiger partial charge in [0.1, 0.15) is 17.1 Å². The Kier molecular flexibility index (Phi) is 9.94. The number of pyridine rings is 1. The van der Waals surface area contributed by atoms with Crippen molar-refractivity contribution in [1.29, 1.82) is 0 Å². The molecule has 9 aromatic heterocycles. The van der Waals surface area contributed by atoms with Gasteiger partial charge in [-0.15, -0.1) is 0 Å². The molecular formula is C58H42N12O. The van der Waals surface area contributed by atoms with Gasteiger partial charge < -0.3 is 29.9 Å². The van der Waals surface area contributed by atoms with Gasteiger partial charge in [-0.2, -0.15) is 15.3 Å². The van der Waals surface area contributed by atoms with E-state index in [4.69, 9.17) is 0 Å². The van der Waals surface area contributed by atoms with Crippen molar-refractivity contribution in [1.82, 2.24) is 60.5 Å².